The molecule has 0 radical (unpaired) electrons. The summed E-state index contributed by atoms with van der Waals surface area (Å²) in [7, 11) is -3.50. The molecule has 0 spiro atoms. The molecular weight excluding hydrogens is 204 g/mol. The summed E-state index contributed by atoms with van der Waals surface area (Å²) in [4.78, 5) is 0. The van der Waals surface area contributed by atoms with Crippen LogP contribution in [-0.2, 0) is 10.0 Å². The van der Waals surface area contributed by atoms with Crippen LogP contribution in [0, 0.1) is 0 Å². The first-order chi connectivity index (χ1) is 5.89. The molecule has 0 rings (SSSR count). The highest BCUT2D eigenvalue weighted by Gasteiger charge is 2.19. The fourth-order valence-electron chi connectivity index (χ4n) is 0.642. The Morgan fingerprint density at radius 1 is 1.46 bits per heavy atom. The Kier molecular flexibility index (Phi) is 5.34. The second kappa shape index (κ2) is 5.46. The van der Waals surface area contributed by atoms with Crippen LogP contribution in [0.5, 0.6) is 0 Å². The average Bonchev–Trinajstić information content (AvgIpc) is 2.00. The van der Waals surface area contributed by atoms with Crippen molar-refractivity contribution in [3.8, 4) is 0 Å². The van der Waals surface area contributed by atoms with E-state index in [-0.39, 0.29) is 5.75 Å². The fourth-order valence-corrected chi connectivity index (χ4v) is 1.75. The van der Waals surface area contributed by atoms with E-state index in [1.54, 1.807) is 6.92 Å². The molecule has 0 aromatic carbocycles. The number of hydrogen-bond acceptors (Lipinski definition) is 3. The van der Waals surface area contributed by atoms with Crippen LogP contribution in [0.3, 0.4) is 0 Å². The molecule has 1 unspecified atom stereocenters. The summed E-state index contributed by atoms with van der Waals surface area (Å²) >= 11 is 0. The maximum absolute atomic E-state index is 11.7. The first kappa shape index (κ1) is 12.7. The van der Waals surface area contributed by atoms with E-state index in [1.807, 2.05) is 4.72 Å². The van der Waals surface area contributed by atoms with E-state index in [4.69, 9.17) is 5.11 Å². The van der Waals surface area contributed by atoms with Crippen LogP contribution in [0.15, 0.2) is 0 Å². The van der Waals surface area contributed by atoms with E-state index in [2.05, 4.69) is 0 Å². The number of aliphatic hydroxyl groups excluding tert-OH is 1. The van der Waals surface area contributed by atoms with Crippen molar-refractivity contribution in [1.29, 1.82) is 0 Å². The first-order valence-electron chi connectivity index (χ1n) is 3.82. The Balaban J connectivity index is 3.88. The second-order valence-electron chi connectivity index (χ2n) is 2.57. The van der Waals surface area contributed by atoms with Gasteiger partial charge >= 0.3 is 0 Å². The van der Waals surface area contributed by atoms with Crippen molar-refractivity contribution in [2.45, 2.75) is 25.9 Å². The van der Waals surface area contributed by atoms with Crippen LogP contribution in [0.4, 0.5) is 8.78 Å². The van der Waals surface area contributed by atoms with Gasteiger partial charge in [-0.05, 0) is 6.42 Å². The number of alkyl halides is 2. The quantitative estimate of drug-likeness (QED) is 0.655. The molecule has 0 aliphatic rings. The van der Waals surface area contributed by atoms with Gasteiger partial charge in [0.25, 0.3) is 6.43 Å². The number of halogens is 2. The Labute approximate surface area is 76.0 Å². The third-order valence-electron chi connectivity index (χ3n) is 1.28. The summed E-state index contributed by atoms with van der Waals surface area (Å²) < 4.78 is 47.1. The lowest BCUT2D eigenvalue weighted by Gasteiger charge is -2.10. The molecule has 0 heterocycles. The molecule has 0 aromatic rings. The third kappa shape index (κ3) is 5.89. The van der Waals surface area contributed by atoms with E-state index in [0.717, 1.165) is 0 Å². The lowest BCUT2D eigenvalue weighted by Crippen LogP contribution is -2.36. The molecule has 80 valence electrons. The van der Waals surface area contributed by atoms with Gasteiger partial charge in [0, 0.05) is 6.54 Å². The largest absolute Gasteiger partial charge is 0.386 e. The summed E-state index contributed by atoms with van der Waals surface area (Å²) in [5.41, 5.74) is 0. The van der Waals surface area contributed by atoms with E-state index in [0.29, 0.717) is 6.42 Å². The molecule has 0 fully saturated rings. The molecule has 0 bridgehead atoms. The van der Waals surface area contributed by atoms with Gasteiger partial charge in [0.05, 0.1) is 5.75 Å². The van der Waals surface area contributed by atoms with Crippen LogP contribution in [0.25, 0.3) is 0 Å². The molecule has 4 nitrogen and oxygen atoms in total. The van der Waals surface area contributed by atoms with E-state index >= 15 is 0 Å². The highest BCUT2D eigenvalue weighted by atomic mass is 32.2. The maximum Gasteiger partial charge on any atom is 0.265 e. The van der Waals surface area contributed by atoms with Gasteiger partial charge in [-0.3, -0.25) is 0 Å². The van der Waals surface area contributed by atoms with Crippen molar-refractivity contribution >= 4 is 10.0 Å². The van der Waals surface area contributed by atoms with Crippen LogP contribution in [0.2, 0.25) is 0 Å². The van der Waals surface area contributed by atoms with Crippen molar-refractivity contribution in [3.63, 3.8) is 0 Å². The zero-order valence-corrected chi connectivity index (χ0v) is 8.02. The van der Waals surface area contributed by atoms with Crippen LogP contribution in [0.1, 0.15) is 13.3 Å². The molecule has 0 aliphatic carbocycles. The van der Waals surface area contributed by atoms with Crippen molar-refractivity contribution < 1.29 is 22.3 Å². The molecule has 0 amide bonds. The van der Waals surface area contributed by atoms with E-state index < -0.39 is 29.1 Å². The first-order valence-corrected chi connectivity index (χ1v) is 5.48. The fraction of sp³-hybridized carbons (Fsp3) is 1.00. The Morgan fingerprint density at radius 2 is 2.00 bits per heavy atom. The minimum absolute atomic E-state index is 0.122. The lowest BCUT2D eigenvalue weighted by atomic mass is 10.4. The van der Waals surface area contributed by atoms with Gasteiger partial charge in [-0.25, -0.2) is 21.9 Å². The molecule has 2 N–H and O–H groups in total. The smallest absolute Gasteiger partial charge is 0.265 e. The molecule has 1 atom stereocenters. The van der Waals surface area contributed by atoms with Crippen molar-refractivity contribution in [2.24, 2.45) is 0 Å². The summed E-state index contributed by atoms with van der Waals surface area (Å²) in [6.45, 7) is 1.02. The minimum Gasteiger partial charge on any atom is -0.386 e. The standard InChI is InChI=1S/C6H13F2NO3S/c1-2-3-13(11,12)9-4-5(10)6(7)8/h5-6,9-10H,2-4H2,1H3. The van der Waals surface area contributed by atoms with Crippen molar-refractivity contribution in [3.05, 3.63) is 0 Å². The molecule has 0 aromatic heterocycles. The monoisotopic (exact) mass is 217 g/mol. The van der Waals surface area contributed by atoms with Gasteiger partial charge in [0.2, 0.25) is 10.0 Å². The topological polar surface area (TPSA) is 66.4 Å². The van der Waals surface area contributed by atoms with Gasteiger partial charge in [-0.15, -0.1) is 0 Å². The summed E-state index contributed by atoms with van der Waals surface area (Å²) in [5.74, 6) is -0.122. The van der Waals surface area contributed by atoms with Crippen LogP contribution < -0.4 is 4.72 Å². The number of sulfonamides is 1. The normalized spacial score (nSPS) is 14.8. The zero-order valence-electron chi connectivity index (χ0n) is 7.20. The van der Waals surface area contributed by atoms with Crippen molar-refractivity contribution in [1.82, 2.24) is 4.72 Å². The van der Waals surface area contributed by atoms with Crippen molar-refractivity contribution in [2.75, 3.05) is 12.3 Å². The summed E-state index contributed by atoms with van der Waals surface area (Å²) in [6, 6.07) is 0. The van der Waals surface area contributed by atoms with Gasteiger partial charge < -0.3 is 5.11 Å². The highest BCUT2D eigenvalue weighted by Crippen LogP contribution is 1.99. The average molecular weight is 217 g/mol. The van der Waals surface area contributed by atoms with Gasteiger partial charge in [0.15, 0.2) is 0 Å². The van der Waals surface area contributed by atoms with Crippen LogP contribution >= 0.6 is 0 Å². The minimum atomic E-state index is -3.50. The van der Waals surface area contributed by atoms with E-state index in [9.17, 15) is 17.2 Å². The SMILES string of the molecule is CCCS(=O)(=O)NCC(O)C(F)F. The lowest BCUT2D eigenvalue weighted by molar-refractivity contribution is -0.000449. The molecule has 13 heavy (non-hydrogen) atoms. The Bertz CT molecular complexity index is 230. The zero-order chi connectivity index (χ0) is 10.5. The van der Waals surface area contributed by atoms with E-state index in [1.165, 1.54) is 0 Å². The highest BCUT2D eigenvalue weighted by molar-refractivity contribution is 7.89. The summed E-state index contributed by atoms with van der Waals surface area (Å²) in [6.07, 6.45) is -4.46. The predicted octanol–water partition coefficient (Wildman–Crippen LogP) is -0.0582. The number of rotatable bonds is 6. The Hall–Kier alpha value is -0.270. The third-order valence-corrected chi connectivity index (χ3v) is 2.83. The summed E-state index contributed by atoms with van der Waals surface area (Å²) in [5, 5.41) is 8.58. The Morgan fingerprint density at radius 3 is 2.38 bits per heavy atom. The molecule has 0 aliphatic heterocycles. The number of aliphatic hydroxyl groups is 1. The maximum atomic E-state index is 11.7. The number of hydrogen-bond donors (Lipinski definition) is 2. The number of nitrogens with one attached hydrogen (secondary N) is 1. The molecule has 0 saturated heterocycles. The van der Waals surface area contributed by atoms with Gasteiger partial charge in [0.1, 0.15) is 6.10 Å². The van der Waals surface area contributed by atoms with Crippen LogP contribution in [-0.4, -0.2) is 38.4 Å². The predicted molar refractivity (Wildman–Crippen MR) is 44.1 cm³/mol. The van der Waals surface area contributed by atoms with Gasteiger partial charge in [-0.2, -0.15) is 0 Å². The van der Waals surface area contributed by atoms with Gasteiger partial charge in [-0.1, -0.05) is 6.92 Å². The second-order valence-corrected chi connectivity index (χ2v) is 4.50. The molecule has 7 heteroatoms. The molecule has 0 saturated carbocycles. The molecular formula is C6H13F2NO3S.